The quantitative estimate of drug-likeness (QED) is 0.860. The van der Waals surface area contributed by atoms with E-state index in [1.807, 2.05) is 49.4 Å². The molecular weight excluding hydrogens is 264 g/mol. The molecule has 0 radical (unpaired) electrons. The van der Waals surface area contributed by atoms with Crippen LogP contribution in [0.25, 0.3) is 0 Å². The molecular formula is C17H20N2O2. The lowest BCUT2D eigenvalue weighted by molar-refractivity contribution is 0.262. The smallest absolute Gasteiger partial charge is 0.323 e. The Hall–Kier alpha value is -2.49. The molecule has 2 aromatic rings. The molecule has 0 atom stereocenters. The van der Waals surface area contributed by atoms with Crippen molar-refractivity contribution in [1.82, 2.24) is 0 Å². The predicted molar refractivity (Wildman–Crippen MR) is 86.1 cm³/mol. The maximum atomic E-state index is 11.9. The summed E-state index contributed by atoms with van der Waals surface area (Å²) < 4.78 is 5.40. The lowest BCUT2D eigenvalue weighted by Gasteiger charge is -2.09. The van der Waals surface area contributed by atoms with Gasteiger partial charge in [0.15, 0.2) is 0 Å². The van der Waals surface area contributed by atoms with Crippen LogP contribution in [0.1, 0.15) is 19.4 Å². The standard InChI is InChI=1S/C17H20N2O2/c1-3-13-8-10-14(11-9-13)18-17(20)19-15-6-5-7-16(12-15)21-4-2/h5-12H,3-4H2,1-2H3,(H2,18,19,20). The van der Waals surface area contributed by atoms with Crippen molar-refractivity contribution in [1.29, 1.82) is 0 Å². The largest absolute Gasteiger partial charge is 0.494 e. The van der Waals surface area contributed by atoms with Gasteiger partial charge in [-0.1, -0.05) is 25.1 Å². The van der Waals surface area contributed by atoms with Crippen molar-refractivity contribution in [3.8, 4) is 5.75 Å². The van der Waals surface area contributed by atoms with Crippen molar-refractivity contribution in [3.63, 3.8) is 0 Å². The molecule has 0 saturated heterocycles. The SMILES string of the molecule is CCOc1cccc(NC(=O)Nc2ccc(CC)cc2)c1. The maximum absolute atomic E-state index is 11.9. The molecule has 21 heavy (non-hydrogen) atoms. The van der Waals surface area contributed by atoms with Crippen molar-refractivity contribution < 1.29 is 9.53 Å². The Kier molecular flexibility index (Phi) is 5.21. The zero-order chi connectivity index (χ0) is 15.1. The number of nitrogens with one attached hydrogen (secondary N) is 2. The fourth-order valence-electron chi connectivity index (χ4n) is 1.95. The second kappa shape index (κ2) is 7.33. The average Bonchev–Trinajstić information content (AvgIpc) is 2.48. The van der Waals surface area contributed by atoms with Gasteiger partial charge < -0.3 is 15.4 Å². The number of carbonyl (C=O) groups excluding carboxylic acids is 1. The molecule has 4 nitrogen and oxygen atoms in total. The summed E-state index contributed by atoms with van der Waals surface area (Å²) >= 11 is 0. The summed E-state index contributed by atoms with van der Waals surface area (Å²) in [6.45, 7) is 4.62. The van der Waals surface area contributed by atoms with Gasteiger partial charge in [0.2, 0.25) is 0 Å². The number of hydrogen-bond acceptors (Lipinski definition) is 2. The van der Waals surface area contributed by atoms with E-state index in [0.29, 0.717) is 12.3 Å². The first-order valence-corrected chi connectivity index (χ1v) is 7.11. The lowest BCUT2D eigenvalue weighted by Crippen LogP contribution is -2.19. The summed E-state index contributed by atoms with van der Waals surface area (Å²) in [6.07, 6.45) is 0.983. The third kappa shape index (κ3) is 4.53. The summed E-state index contributed by atoms with van der Waals surface area (Å²) in [5.74, 6) is 0.739. The first-order chi connectivity index (χ1) is 10.2. The highest BCUT2D eigenvalue weighted by molar-refractivity contribution is 5.99. The molecule has 0 fully saturated rings. The Balaban J connectivity index is 1.95. The van der Waals surface area contributed by atoms with Crippen LogP contribution in [0.2, 0.25) is 0 Å². The van der Waals surface area contributed by atoms with E-state index in [2.05, 4.69) is 17.6 Å². The fraction of sp³-hybridized carbons (Fsp3) is 0.235. The van der Waals surface area contributed by atoms with Crippen LogP contribution in [0.15, 0.2) is 48.5 Å². The zero-order valence-corrected chi connectivity index (χ0v) is 12.3. The molecule has 2 aromatic carbocycles. The topological polar surface area (TPSA) is 50.4 Å². The van der Waals surface area contributed by atoms with E-state index in [-0.39, 0.29) is 6.03 Å². The van der Waals surface area contributed by atoms with Crippen LogP contribution in [0.4, 0.5) is 16.2 Å². The molecule has 110 valence electrons. The van der Waals surface area contributed by atoms with Gasteiger partial charge in [-0.3, -0.25) is 0 Å². The van der Waals surface area contributed by atoms with E-state index in [1.165, 1.54) is 5.56 Å². The predicted octanol–water partition coefficient (Wildman–Crippen LogP) is 4.29. The highest BCUT2D eigenvalue weighted by Gasteiger charge is 2.03. The molecule has 2 amide bonds. The van der Waals surface area contributed by atoms with Crippen LogP contribution in [0.5, 0.6) is 5.75 Å². The van der Waals surface area contributed by atoms with Crippen LogP contribution < -0.4 is 15.4 Å². The number of carbonyl (C=O) groups is 1. The summed E-state index contributed by atoms with van der Waals surface area (Å²) in [4.78, 5) is 11.9. The second-order valence-corrected chi connectivity index (χ2v) is 4.59. The summed E-state index contributed by atoms with van der Waals surface area (Å²) in [6, 6.07) is 14.9. The van der Waals surface area contributed by atoms with Crippen LogP contribution in [0, 0.1) is 0 Å². The number of amides is 2. The zero-order valence-electron chi connectivity index (χ0n) is 12.3. The Bertz CT molecular complexity index is 594. The summed E-state index contributed by atoms with van der Waals surface area (Å²) in [5, 5.41) is 5.59. The first-order valence-electron chi connectivity index (χ1n) is 7.11. The normalized spacial score (nSPS) is 10.0. The van der Waals surface area contributed by atoms with E-state index in [0.717, 1.165) is 17.9 Å². The summed E-state index contributed by atoms with van der Waals surface area (Å²) in [7, 11) is 0. The molecule has 2 N–H and O–H groups in total. The number of aryl methyl sites for hydroxylation is 1. The molecule has 2 rings (SSSR count). The van der Waals surface area contributed by atoms with E-state index in [4.69, 9.17) is 4.74 Å². The van der Waals surface area contributed by atoms with Crippen molar-refractivity contribution in [2.75, 3.05) is 17.2 Å². The number of anilines is 2. The van der Waals surface area contributed by atoms with Crippen molar-refractivity contribution >= 4 is 17.4 Å². The summed E-state index contributed by atoms with van der Waals surface area (Å²) in [5.41, 5.74) is 2.71. The molecule has 0 saturated carbocycles. The highest BCUT2D eigenvalue weighted by Crippen LogP contribution is 2.18. The number of benzene rings is 2. The molecule has 0 aliphatic rings. The molecule has 0 bridgehead atoms. The number of hydrogen-bond donors (Lipinski definition) is 2. The molecule has 4 heteroatoms. The minimum Gasteiger partial charge on any atom is -0.494 e. The van der Waals surface area contributed by atoms with E-state index in [1.54, 1.807) is 6.07 Å². The van der Waals surface area contributed by atoms with Crippen LogP contribution in [0.3, 0.4) is 0 Å². The average molecular weight is 284 g/mol. The minimum absolute atomic E-state index is 0.270. The molecule has 0 aliphatic carbocycles. The van der Waals surface area contributed by atoms with Gasteiger partial charge in [-0.2, -0.15) is 0 Å². The van der Waals surface area contributed by atoms with E-state index in [9.17, 15) is 4.79 Å². The molecule has 0 aliphatic heterocycles. The van der Waals surface area contributed by atoms with E-state index < -0.39 is 0 Å². The van der Waals surface area contributed by atoms with Gasteiger partial charge in [0.25, 0.3) is 0 Å². The van der Waals surface area contributed by atoms with Gasteiger partial charge in [0, 0.05) is 17.4 Å². The van der Waals surface area contributed by atoms with Gasteiger partial charge >= 0.3 is 6.03 Å². The lowest BCUT2D eigenvalue weighted by atomic mass is 10.1. The third-order valence-electron chi connectivity index (χ3n) is 3.02. The van der Waals surface area contributed by atoms with Crippen LogP contribution >= 0.6 is 0 Å². The number of urea groups is 1. The maximum Gasteiger partial charge on any atom is 0.323 e. The van der Waals surface area contributed by atoms with E-state index >= 15 is 0 Å². The molecule has 0 spiro atoms. The van der Waals surface area contributed by atoms with Gasteiger partial charge in [0.1, 0.15) is 5.75 Å². The number of ether oxygens (including phenoxy) is 1. The van der Waals surface area contributed by atoms with Crippen molar-refractivity contribution in [2.45, 2.75) is 20.3 Å². The fourth-order valence-corrected chi connectivity index (χ4v) is 1.95. The van der Waals surface area contributed by atoms with Gasteiger partial charge in [-0.25, -0.2) is 4.79 Å². The first kappa shape index (κ1) is 14.9. The minimum atomic E-state index is -0.270. The second-order valence-electron chi connectivity index (χ2n) is 4.59. The Labute approximate surface area is 125 Å². The van der Waals surface area contributed by atoms with Crippen LogP contribution in [-0.2, 0) is 6.42 Å². The van der Waals surface area contributed by atoms with Crippen LogP contribution in [-0.4, -0.2) is 12.6 Å². The number of rotatable bonds is 5. The Morgan fingerprint density at radius 2 is 1.71 bits per heavy atom. The molecule has 0 unspecified atom stereocenters. The Morgan fingerprint density at radius 3 is 2.38 bits per heavy atom. The van der Waals surface area contributed by atoms with Gasteiger partial charge in [-0.15, -0.1) is 0 Å². The highest BCUT2D eigenvalue weighted by atomic mass is 16.5. The van der Waals surface area contributed by atoms with Gasteiger partial charge in [0.05, 0.1) is 6.61 Å². The monoisotopic (exact) mass is 284 g/mol. The van der Waals surface area contributed by atoms with Crippen molar-refractivity contribution in [2.24, 2.45) is 0 Å². The molecule has 0 heterocycles. The molecule has 0 aromatic heterocycles. The van der Waals surface area contributed by atoms with Crippen molar-refractivity contribution in [3.05, 3.63) is 54.1 Å². The Morgan fingerprint density at radius 1 is 1.00 bits per heavy atom. The third-order valence-corrected chi connectivity index (χ3v) is 3.02. The van der Waals surface area contributed by atoms with Gasteiger partial charge in [-0.05, 0) is 43.2 Å².